The first-order chi connectivity index (χ1) is 8.65. The van der Waals surface area contributed by atoms with Crippen molar-refractivity contribution in [2.45, 2.75) is 19.8 Å². The van der Waals surface area contributed by atoms with Crippen molar-refractivity contribution in [1.29, 1.82) is 0 Å². The van der Waals surface area contributed by atoms with Crippen LogP contribution in [0.1, 0.15) is 25.7 Å². The third-order valence-electron chi connectivity index (χ3n) is 2.88. The SMILES string of the molecule is CC(C)c1nc2cc(-c3cn[nH]c3N)ccc2o1. The number of oxazole rings is 1. The Bertz CT molecular complexity index is 696. The first-order valence-corrected chi connectivity index (χ1v) is 5.85. The van der Waals surface area contributed by atoms with E-state index in [9.17, 15) is 0 Å². The summed E-state index contributed by atoms with van der Waals surface area (Å²) in [4.78, 5) is 4.47. The number of aromatic nitrogens is 3. The summed E-state index contributed by atoms with van der Waals surface area (Å²) in [6.45, 7) is 4.11. The van der Waals surface area contributed by atoms with Crippen molar-refractivity contribution < 1.29 is 4.42 Å². The van der Waals surface area contributed by atoms with Crippen LogP contribution in [0.15, 0.2) is 28.8 Å². The van der Waals surface area contributed by atoms with Crippen LogP contribution in [0.2, 0.25) is 0 Å². The van der Waals surface area contributed by atoms with E-state index >= 15 is 0 Å². The fraction of sp³-hybridized carbons (Fsp3) is 0.231. The van der Waals surface area contributed by atoms with Crippen LogP contribution in [0.25, 0.3) is 22.2 Å². The number of hydrogen-bond acceptors (Lipinski definition) is 4. The van der Waals surface area contributed by atoms with Crippen LogP contribution < -0.4 is 5.73 Å². The van der Waals surface area contributed by atoms with Crippen LogP contribution in [0, 0.1) is 0 Å². The van der Waals surface area contributed by atoms with E-state index in [4.69, 9.17) is 10.2 Å². The molecule has 0 amide bonds. The topological polar surface area (TPSA) is 80.7 Å². The maximum absolute atomic E-state index is 5.81. The molecule has 0 bridgehead atoms. The zero-order valence-electron chi connectivity index (χ0n) is 10.3. The zero-order valence-corrected chi connectivity index (χ0v) is 10.3. The Morgan fingerprint density at radius 1 is 1.33 bits per heavy atom. The molecular formula is C13H14N4O. The number of aromatic amines is 1. The summed E-state index contributed by atoms with van der Waals surface area (Å²) in [6, 6.07) is 5.83. The molecule has 1 aromatic carbocycles. The lowest BCUT2D eigenvalue weighted by Crippen LogP contribution is -1.87. The van der Waals surface area contributed by atoms with E-state index in [1.807, 2.05) is 18.2 Å². The summed E-state index contributed by atoms with van der Waals surface area (Å²) < 4.78 is 5.67. The molecule has 3 rings (SSSR count). The largest absolute Gasteiger partial charge is 0.440 e. The van der Waals surface area contributed by atoms with Gasteiger partial charge in [-0.25, -0.2) is 4.98 Å². The van der Waals surface area contributed by atoms with Crippen molar-refractivity contribution >= 4 is 16.9 Å². The molecule has 0 fully saturated rings. The molecule has 0 saturated carbocycles. The lowest BCUT2D eigenvalue weighted by molar-refractivity contribution is 0.501. The molecule has 92 valence electrons. The number of fused-ring (bicyclic) bond motifs is 1. The number of nitrogens with one attached hydrogen (secondary N) is 1. The number of nitrogens with two attached hydrogens (primary N) is 1. The summed E-state index contributed by atoms with van der Waals surface area (Å²) >= 11 is 0. The third kappa shape index (κ3) is 1.64. The van der Waals surface area contributed by atoms with Crippen LogP contribution in [0.5, 0.6) is 0 Å². The second-order valence-electron chi connectivity index (χ2n) is 4.59. The van der Waals surface area contributed by atoms with Crippen LogP contribution in [0.4, 0.5) is 5.82 Å². The summed E-state index contributed by atoms with van der Waals surface area (Å²) in [6.07, 6.45) is 1.71. The highest BCUT2D eigenvalue weighted by molar-refractivity contribution is 5.83. The first kappa shape index (κ1) is 10.8. The van der Waals surface area contributed by atoms with Gasteiger partial charge in [-0.1, -0.05) is 19.9 Å². The minimum absolute atomic E-state index is 0.278. The van der Waals surface area contributed by atoms with Gasteiger partial charge in [-0.15, -0.1) is 0 Å². The van der Waals surface area contributed by atoms with Gasteiger partial charge in [0.2, 0.25) is 0 Å². The Morgan fingerprint density at radius 2 is 2.17 bits per heavy atom. The van der Waals surface area contributed by atoms with E-state index in [0.717, 1.165) is 28.1 Å². The van der Waals surface area contributed by atoms with Gasteiger partial charge in [-0.3, -0.25) is 5.10 Å². The maximum Gasteiger partial charge on any atom is 0.198 e. The third-order valence-corrected chi connectivity index (χ3v) is 2.88. The number of benzene rings is 1. The van der Waals surface area contributed by atoms with Gasteiger partial charge in [-0.2, -0.15) is 5.10 Å². The number of anilines is 1. The lowest BCUT2D eigenvalue weighted by Gasteiger charge is -1.97. The fourth-order valence-electron chi connectivity index (χ4n) is 1.89. The van der Waals surface area contributed by atoms with E-state index in [1.165, 1.54) is 0 Å². The molecule has 3 aromatic rings. The van der Waals surface area contributed by atoms with E-state index < -0.39 is 0 Å². The van der Waals surface area contributed by atoms with Crippen molar-refractivity contribution in [2.75, 3.05) is 5.73 Å². The number of hydrogen-bond donors (Lipinski definition) is 2. The Hall–Kier alpha value is -2.30. The molecule has 5 nitrogen and oxygen atoms in total. The van der Waals surface area contributed by atoms with Gasteiger partial charge in [0.25, 0.3) is 0 Å². The molecule has 2 aromatic heterocycles. The summed E-state index contributed by atoms with van der Waals surface area (Å²) in [5.41, 5.74) is 9.31. The molecule has 0 radical (unpaired) electrons. The van der Waals surface area contributed by atoms with Gasteiger partial charge in [0, 0.05) is 11.5 Å². The second kappa shape index (κ2) is 3.87. The van der Waals surface area contributed by atoms with E-state index in [-0.39, 0.29) is 5.92 Å². The quantitative estimate of drug-likeness (QED) is 0.724. The number of nitrogens with zero attached hydrogens (tertiary/aromatic N) is 2. The molecule has 0 aliphatic rings. The standard InChI is InChI=1S/C13H14N4O/c1-7(2)13-16-10-5-8(3-4-11(10)18-13)9-6-15-17-12(9)14/h3-7H,1-2H3,(H3,14,15,17). The minimum Gasteiger partial charge on any atom is -0.440 e. The van der Waals surface area contributed by atoms with Crippen molar-refractivity contribution in [3.05, 3.63) is 30.3 Å². The molecule has 0 atom stereocenters. The van der Waals surface area contributed by atoms with Crippen molar-refractivity contribution in [2.24, 2.45) is 0 Å². The number of nitrogen functional groups attached to an aromatic ring is 1. The smallest absolute Gasteiger partial charge is 0.198 e. The molecule has 0 aliphatic carbocycles. The van der Waals surface area contributed by atoms with Gasteiger partial charge in [-0.05, 0) is 17.7 Å². The summed E-state index contributed by atoms with van der Waals surface area (Å²) in [7, 11) is 0. The maximum atomic E-state index is 5.81. The molecule has 2 heterocycles. The molecule has 0 spiro atoms. The van der Waals surface area contributed by atoms with Crippen LogP contribution in [0.3, 0.4) is 0 Å². The van der Waals surface area contributed by atoms with Crippen LogP contribution in [-0.2, 0) is 0 Å². The molecule has 0 saturated heterocycles. The van der Waals surface area contributed by atoms with Gasteiger partial charge in [0.15, 0.2) is 11.5 Å². The normalized spacial score (nSPS) is 11.5. The molecular weight excluding hydrogens is 228 g/mol. The molecule has 5 heteroatoms. The molecule has 0 aliphatic heterocycles. The number of rotatable bonds is 2. The first-order valence-electron chi connectivity index (χ1n) is 5.85. The number of H-pyrrole nitrogens is 1. The van der Waals surface area contributed by atoms with E-state index in [1.54, 1.807) is 6.20 Å². The van der Waals surface area contributed by atoms with Crippen molar-refractivity contribution in [3.63, 3.8) is 0 Å². The molecule has 0 unspecified atom stereocenters. The van der Waals surface area contributed by atoms with Crippen molar-refractivity contribution in [3.8, 4) is 11.1 Å². The molecule has 3 N–H and O–H groups in total. The summed E-state index contributed by atoms with van der Waals surface area (Å²) in [5, 5.41) is 6.64. The van der Waals surface area contributed by atoms with Gasteiger partial charge in [0.05, 0.1) is 6.20 Å². The van der Waals surface area contributed by atoms with Crippen LogP contribution in [-0.4, -0.2) is 15.2 Å². The summed E-state index contributed by atoms with van der Waals surface area (Å²) in [5.74, 6) is 1.59. The zero-order chi connectivity index (χ0) is 12.7. The predicted octanol–water partition coefficient (Wildman–Crippen LogP) is 2.92. The van der Waals surface area contributed by atoms with Crippen LogP contribution >= 0.6 is 0 Å². The Balaban J connectivity index is 2.14. The highest BCUT2D eigenvalue weighted by Gasteiger charge is 2.11. The van der Waals surface area contributed by atoms with Crippen molar-refractivity contribution in [1.82, 2.24) is 15.2 Å². The Labute approximate surface area is 104 Å². The van der Waals surface area contributed by atoms with Gasteiger partial charge < -0.3 is 10.2 Å². The highest BCUT2D eigenvalue weighted by atomic mass is 16.3. The monoisotopic (exact) mass is 242 g/mol. The molecule has 18 heavy (non-hydrogen) atoms. The van der Waals surface area contributed by atoms with E-state index in [2.05, 4.69) is 29.0 Å². The average molecular weight is 242 g/mol. The lowest BCUT2D eigenvalue weighted by atomic mass is 10.1. The second-order valence-corrected chi connectivity index (χ2v) is 4.59. The average Bonchev–Trinajstić information content (AvgIpc) is 2.93. The minimum atomic E-state index is 0.278. The Kier molecular flexibility index (Phi) is 2.33. The highest BCUT2D eigenvalue weighted by Crippen LogP contribution is 2.28. The fourth-order valence-corrected chi connectivity index (χ4v) is 1.89. The van der Waals surface area contributed by atoms with Gasteiger partial charge >= 0.3 is 0 Å². The Morgan fingerprint density at radius 3 is 2.83 bits per heavy atom. The van der Waals surface area contributed by atoms with E-state index in [0.29, 0.717) is 5.82 Å². The predicted molar refractivity (Wildman–Crippen MR) is 70.1 cm³/mol. The van der Waals surface area contributed by atoms with Gasteiger partial charge in [0.1, 0.15) is 11.3 Å².